The van der Waals surface area contributed by atoms with Crippen LogP contribution < -0.4 is 10.2 Å². The van der Waals surface area contributed by atoms with Gasteiger partial charge in [-0.05, 0) is 55.3 Å². The van der Waals surface area contributed by atoms with E-state index in [2.05, 4.69) is 5.32 Å². The van der Waals surface area contributed by atoms with Gasteiger partial charge in [0.25, 0.3) is 5.91 Å². The van der Waals surface area contributed by atoms with Crippen LogP contribution in [0, 0.1) is 18.6 Å². The van der Waals surface area contributed by atoms with Gasteiger partial charge in [-0.1, -0.05) is 30.3 Å². The average Bonchev–Trinajstić information content (AvgIpc) is 2.78. The summed E-state index contributed by atoms with van der Waals surface area (Å²) in [5.41, 5.74) is 2.34. The molecule has 0 saturated carbocycles. The molecule has 3 aromatic carbocycles. The van der Waals surface area contributed by atoms with Crippen LogP contribution in [0.1, 0.15) is 27.9 Å². The molecular weight excluding hydrogens is 412 g/mol. The fraction of sp³-hybridized carbons (Fsp3) is 0.200. The van der Waals surface area contributed by atoms with Gasteiger partial charge in [-0.3, -0.25) is 9.69 Å². The number of rotatable bonds is 5. The molecule has 164 valence electrons. The molecule has 1 aliphatic rings. The van der Waals surface area contributed by atoms with Crippen LogP contribution in [0.4, 0.5) is 25.0 Å². The summed E-state index contributed by atoms with van der Waals surface area (Å²) in [5, 5.41) is 2.90. The fourth-order valence-corrected chi connectivity index (χ4v) is 3.80. The van der Waals surface area contributed by atoms with E-state index < -0.39 is 11.6 Å². The van der Waals surface area contributed by atoms with Gasteiger partial charge in [-0.2, -0.15) is 0 Å². The zero-order chi connectivity index (χ0) is 22.7. The zero-order valence-corrected chi connectivity index (χ0v) is 17.6. The van der Waals surface area contributed by atoms with Crippen molar-refractivity contribution in [2.24, 2.45) is 0 Å². The number of hydrogen-bond acceptors (Lipinski definition) is 2. The molecule has 0 aromatic heterocycles. The lowest BCUT2D eigenvalue weighted by Gasteiger charge is -2.36. The highest BCUT2D eigenvalue weighted by molar-refractivity contribution is 6.07. The van der Waals surface area contributed by atoms with Crippen molar-refractivity contribution in [1.29, 1.82) is 0 Å². The highest BCUT2D eigenvalue weighted by Gasteiger charge is 2.30. The van der Waals surface area contributed by atoms with Crippen LogP contribution in [-0.2, 0) is 6.54 Å². The van der Waals surface area contributed by atoms with Gasteiger partial charge in [0.15, 0.2) is 0 Å². The molecule has 4 rings (SSSR count). The first-order valence-electron chi connectivity index (χ1n) is 10.4. The number of nitrogens with zero attached hydrogens (tertiary/aromatic N) is 2. The summed E-state index contributed by atoms with van der Waals surface area (Å²) in [7, 11) is 0. The average molecular weight is 435 g/mol. The molecule has 0 bridgehead atoms. The summed E-state index contributed by atoms with van der Waals surface area (Å²) in [6, 6.07) is 17.5. The zero-order valence-electron chi connectivity index (χ0n) is 17.6. The van der Waals surface area contributed by atoms with Gasteiger partial charge in [-0.25, -0.2) is 13.6 Å². The number of benzene rings is 3. The van der Waals surface area contributed by atoms with Crippen molar-refractivity contribution in [1.82, 2.24) is 4.90 Å². The van der Waals surface area contributed by atoms with Crippen molar-refractivity contribution in [2.75, 3.05) is 23.3 Å². The van der Waals surface area contributed by atoms with Gasteiger partial charge >= 0.3 is 6.03 Å². The molecule has 3 aromatic rings. The number of carbonyl (C=O) groups excluding carboxylic acids is 2. The Kier molecular flexibility index (Phi) is 6.16. The molecule has 3 amide bonds. The van der Waals surface area contributed by atoms with E-state index in [-0.39, 0.29) is 24.0 Å². The topological polar surface area (TPSA) is 52.6 Å². The minimum Gasteiger partial charge on any atom is -0.320 e. The Morgan fingerprint density at radius 3 is 2.41 bits per heavy atom. The van der Waals surface area contributed by atoms with Gasteiger partial charge in [0, 0.05) is 24.2 Å². The maximum absolute atomic E-state index is 14.1. The number of hydrogen-bond donors (Lipinski definition) is 1. The van der Waals surface area contributed by atoms with E-state index in [1.807, 2.05) is 19.1 Å². The fourth-order valence-electron chi connectivity index (χ4n) is 3.80. The molecule has 5 nitrogen and oxygen atoms in total. The third-order valence-electron chi connectivity index (χ3n) is 5.45. The molecule has 32 heavy (non-hydrogen) atoms. The third kappa shape index (κ3) is 4.46. The van der Waals surface area contributed by atoms with Gasteiger partial charge in [0.05, 0.1) is 17.9 Å². The van der Waals surface area contributed by atoms with E-state index in [1.165, 1.54) is 23.1 Å². The van der Waals surface area contributed by atoms with E-state index in [9.17, 15) is 18.4 Å². The Labute approximate surface area is 185 Å². The predicted molar refractivity (Wildman–Crippen MR) is 120 cm³/mol. The molecule has 1 N–H and O–H groups in total. The first kappa shape index (κ1) is 21.5. The number of nitrogens with one attached hydrogen (secondary N) is 1. The van der Waals surface area contributed by atoms with Crippen molar-refractivity contribution in [3.8, 4) is 0 Å². The lowest BCUT2D eigenvalue weighted by atomic mass is 10.1. The van der Waals surface area contributed by atoms with Crippen molar-refractivity contribution in [2.45, 2.75) is 19.9 Å². The molecule has 0 unspecified atom stereocenters. The third-order valence-corrected chi connectivity index (χ3v) is 5.45. The molecule has 7 heteroatoms. The van der Waals surface area contributed by atoms with E-state index in [1.54, 1.807) is 41.3 Å². The highest BCUT2D eigenvalue weighted by Crippen LogP contribution is 2.31. The van der Waals surface area contributed by atoms with E-state index in [0.717, 1.165) is 5.56 Å². The lowest BCUT2D eigenvalue weighted by molar-refractivity contribution is 0.102. The van der Waals surface area contributed by atoms with Crippen LogP contribution in [0.3, 0.4) is 0 Å². The van der Waals surface area contributed by atoms with Crippen LogP contribution in [0.15, 0.2) is 66.7 Å². The second kappa shape index (κ2) is 9.18. The van der Waals surface area contributed by atoms with E-state index in [4.69, 9.17) is 0 Å². The minimum absolute atomic E-state index is 0.135. The smallest absolute Gasteiger partial charge is 0.320 e. The molecular formula is C25H23F2N3O2. The molecule has 0 spiro atoms. The summed E-state index contributed by atoms with van der Waals surface area (Å²) >= 11 is 0. The Hall–Kier alpha value is -3.74. The van der Waals surface area contributed by atoms with Gasteiger partial charge < -0.3 is 10.2 Å². The normalized spacial score (nSPS) is 13.9. The number of halogens is 2. The molecule has 1 saturated heterocycles. The van der Waals surface area contributed by atoms with Crippen molar-refractivity contribution in [3.63, 3.8) is 0 Å². The standard InChI is InChI=1S/C25H23F2N3O2/c1-17-11-12-23(22(15-17)28-24(31)18-7-3-2-4-8-18)30-14-6-13-29(25(30)32)16-19-20(26)9-5-10-21(19)27/h2-5,7-12,15H,6,13-14,16H2,1H3,(H,28,31). The van der Waals surface area contributed by atoms with E-state index in [0.29, 0.717) is 36.4 Å². The first-order chi connectivity index (χ1) is 15.4. The van der Waals surface area contributed by atoms with Gasteiger partial charge in [0.2, 0.25) is 0 Å². The maximum atomic E-state index is 14.1. The minimum atomic E-state index is -0.680. The monoisotopic (exact) mass is 435 g/mol. The summed E-state index contributed by atoms with van der Waals surface area (Å²) in [5.74, 6) is -1.64. The second-order valence-corrected chi connectivity index (χ2v) is 7.75. The second-order valence-electron chi connectivity index (χ2n) is 7.75. The first-order valence-corrected chi connectivity index (χ1v) is 10.4. The number of aryl methyl sites for hydroxylation is 1. The van der Waals surface area contributed by atoms with Crippen molar-refractivity contribution in [3.05, 3.63) is 95.1 Å². The van der Waals surface area contributed by atoms with Crippen molar-refractivity contribution < 1.29 is 18.4 Å². The molecule has 1 heterocycles. The molecule has 0 aliphatic carbocycles. The number of amides is 3. The number of urea groups is 1. The Morgan fingerprint density at radius 2 is 1.69 bits per heavy atom. The Bertz CT molecular complexity index is 1130. The number of anilines is 2. The molecule has 1 fully saturated rings. The lowest BCUT2D eigenvalue weighted by Crippen LogP contribution is -2.49. The Morgan fingerprint density at radius 1 is 0.969 bits per heavy atom. The van der Waals surface area contributed by atoms with Crippen LogP contribution in [-0.4, -0.2) is 29.9 Å². The quantitative estimate of drug-likeness (QED) is 0.587. The number of carbonyl (C=O) groups is 2. The summed E-state index contributed by atoms with van der Waals surface area (Å²) in [4.78, 5) is 28.9. The van der Waals surface area contributed by atoms with Crippen molar-refractivity contribution >= 4 is 23.3 Å². The molecule has 1 aliphatic heterocycles. The van der Waals surface area contributed by atoms with E-state index >= 15 is 0 Å². The molecule has 0 atom stereocenters. The summed E-state index contributed by atoms with van der Waals surface area (Å²) < 4.78 is 28.3. The Balaban J connectivity index is 1.60. The maximum Gasteiger partial charge on any atom is 0.324 e. The van der Waals surface area contributed by atoms with Crippen LogP contribution >= 0.6 is 0 Å². The summed E-state index contributed by atoms with van der Waals surface area (Å²) in [6.07, 6.45) is 0.627. The predicted octanol–water partition coefficient (Wildman–Crippen LogP) is 5.36. The highest BCUT2D eigenvalue weighted by atomic mass is 19.1. The van der Waals surface area contributed by atoms with Gasteiger partial charge in [0.1, 0.15) is 11.6 Å². The largest absolute Gasteiger partial charge is 0.324 e. The van der Waals surface area contributed by atoms with Crippen LogP contribution in [0.5, 0.6) is 0 Å². The van der Waals surface area contributed by atoms with Gasteiger partial charge in [-0.15, -0.1) is 0 Å². The molecule has 0 radical (unpaired) electrons. The SMILES string of the molecule is Cc1ccc(N2CCCN(Cc3c(F)cccc3F)C2=O)c(NC(=O)c2ccccc2)c1. The summed E-state index contributed by atoms with van der Waals surface area (Å²) in [6.45, 7) is 2.56. The van der Waals surface area contributed by atoms with Crippen LogP contribution in [0.25, 0.3) is 0 Å². The van der Waals surface area contributed by atoms with Crippen LogP contribution in [0.2, 0.25) is 0 Å².